The standard InChI is InChI=1S/C12H30Cl2OSi3/c1-7-8-9-10-11-12(16(2)3,17(13)14)15-18(4,5)6/h16-17H,7-11H2,1-6H3. The van der Waals surface area contributed by atoms with Crippen molar-refractivity contribution in [1.29, 1.82) is 0 Å². The van der Waals surface area contributed by atoms with E-state index in [1.54, 1.807) is 0 Å². The maximum absolute atomic E-state index is 6.53. The molecule has 0 aromatic rings. The van der Waals surface area contributed by atoms with Gasteiger partial charge in [0.05, 0.1) is 13.6 Å². The van der Waals surface area contributed by atoms with Crippen molar-refractivity contribution in [2.24, 2.45) is 0 Å². The van der Waals surface area contributed by atoms with E-state index in [0.717, 1.165) is 6.42 Å². The van der Waals surface area contributed by atoms with Gasteiger partial charge in [0.25, 0.3) is 7.42 Å². The van der Waals surface area contributed by atoms with Crippen LogP contribution in [-0.2, 0) is 4.43 Å². The molecular formula is C12H30Cl2OSi3. The summed E-state index contributed by atoms with van der Waals surface area (Å²) in [5.74, 6) is 0. The maximum atomic E-state index is 6.53. The second-order valence-electron chi connectivity index (χ2n) is 6.44. The molecule has 0 amide bonds. The highest BCUT2D eigenvalue weighted by atomic mass is 35.7. The summed E-state index contributed by atoms with van der Waals surface area (Å²) in [6.07, 6.45) is 6.16. The molecule has 0 aliphatic rings. The summed E-state index contributed by atoms with van der Waals surface area (Å²) in [6, 6.07) is 0. The first-order valence-corrected chi connectivity index (χ1v) is 17.5. The van der Waals surface area contributed by atoms with Gasteiger partial charge in [-0.25, -0.2) is 0 Å². The molecule has 0 aliphatic carbocycles. The lowest BCUT2D eigenvalue weighted by atomic mass is 10.2. The summed E-state index contributed by atoms with van der Waals surface area (Å²) in [7, 11) is -4.42. The molecule has 0 radical (unpaired) electrons. The van der Waals surface area contributed by atoms with E-state index in [1.165, 1.54) is 25.7 Å². The molecule has 0 spiro atoms. The van der Waals surface area contributed by atoms with Crippen LogP contribution in [0.5, 0.6) is 0 Å². The highest BCUT2D eigenvalue weighted by Gasteiger charge is 2.45. The van der Waals surface area contributed by atoms with Crippen LogP contribution in [0.1, 0.15) is 39.0 Å². The molecule has 6 heteroatoms. The number of halogens is 2. The average Bonchev–Trinajstić information content (AvgIpc) is 2.20. The maximum Gasteiger partial charge on any atom is 0.262 e. The van der Waals surface area contributed by atoms with Crippen molar-refractivity contribution in [1.82, 2.24) is 0 Å². The minimum absolute atomic E-state index is 0.0959. The van der Waals surface area contributed by atoms with Crippen molar-refractivity contribution < 1.29 is 4.43 Å². The van der Waals surface area contributed by atoms with Gasteiger partial charge < -0.3 is 4.43 Å². The number of hydrogen-bond donors (Lipinski definition) is 0. The van der Waals surface area contributed by atoms with Crippen LogP contribution >= 0.6 is 22.2 Å². The van der Waals surface area contributed by atoms with Crippen molar-refractivity contribution in [3.05, 3.63) is 0 Å². The van der Waals surface area contributed by atoms with Gasteiger partial charge in [-0.1, -0.05) is 45.7 Å². The topological polar surface area (TPSA) is 9.23 Å². The van der Waals surface area contributed by atoms with Gasteiger partial charge in [-0.05, 0) is 26.1 Å². The molecule has 0 saturated heterocycles. The largest absolute Gasteiger partial charge is 0.416 e. The van der Waals surface area contributed by atoms with E-state index in [2.05, 4.69) is 39.7 Å². The van der Waals surface area contributed by atoms with E-state index in [0.29, 0.717) is 0 Å². The van der Waals surface area contributed by atoms with Gasteiger partial charge in [-0.3, -0.25) is 0 Å². The molecule has 0 rings (SSSR count). The SMILES string of the molecule is CCCCCCC(O[Si](C)(C)C)([SiH](C)C)[SiH](Cl)Cl. The molecule has 0 aromatic carbocycles. The Kier molecular flexibility index (Phi) is 9.03. The van der Waals surface area contributed by atoms with Crippen LogP contribution in [0.25, 0.3) is 0 Å². The van der Waals surface area contributed by atoms with Crippen LogP contribution in [-0.4, -0.2) is 29.4 Å². The summed E-state index contributed by atoms with van der Waals surface area (Å²) in [4.78, 5) is -0.0959. The molecular weight excluding hydrogens is 315 g/mol. The van der Waals surface area contributed by atoms with Crippen molar-refractivity contribution in [2.75, 3.05) is 0 Å². The minimum atomic E-state index is -1.81. The van der Waals surface area contributed by atoms with Crippen molar-refractivity contribution in [3.63, 3.8) is 0 Å². The Labute approximate surface area is 127 Å². The fourth-order valence-electron chi connectivity index (χ4n) is 2.26. The molecule has 18 heavy (non-hydrogen) atoms. The van der Waals surface area contributed by atoms with Crippen LogP contribution in [0.15, 0.2) is 0 Å². The Bertz CT molecular complexity index is 222. The van der Waals surface area contributed by atoms with Crippen LogP contribution in [0.2, 0.25) is 32.7 Å². The lowest BCUT2D eigenvalue weighted by Gasteiger charge is -2.42. The molecule has 0 bridgehead atoms. The first kappa shape index (κ1) is 19.2. The Morgan fingerprint density at radius 1 is 1.06 bits per heavy atom. The van der Waals surface area contributed by atoms with Crippen molar-refractivity contribution >= 4 is 46.7 Å². The molecule has 0 heterocycles. The number of rotatable bonds is 9. The molecule has 0 aromatic heterocycles. The Morgan fingerprint density at radius 2 is 1.61 bits per heavy atom. The zero-order valence-electron chi connectivity index (χ0n) is 12.9. The van der Waals surface area contributed by atoms with Crippen LogP contribution in [0, 0.1) is 0 Å². The van der Waals surface area contributed by atoms with Crippen LogP contribution in [0.4, 0.5) is 0 Å². The van der Waals surface area contributed by atoms with Gasteiger partial charge in [0.15, 0.2) is 8.32 Å². The normalized spacial score (nSPS) is 16.3. The van der Waals surface area contributed by atoms with E-state index in [4.69, 9.17) is 26.6 Å². The highest BCUT2D eigenvalue weighted by Crippen LogP contribution is 2.33. The van der Waals surface area contributed by atoms with E-state index in [1.807, 2.05) is 0 Å². The van der Waals surface area contributed by atoms with E-state index in [9.17, 15) is 0 Å². The summed E-state index contributed by atoms with van der Waals surface area (Å²) in [5.41, 5.74) is 0. The predicted molar refractivity (Wildman–Crippen MR) is 93.7 cm³/mol. The van der Waals surface area contributed by atoms with E-state index in [-0.39, 0.29) is 4.85 Å². The number of unbranched alkanes of at least 4 members (excludes halogenated alkanes) is 3. The molecule has 0 saturated carbocycles. The molecule has 0 N–H and O–H groups in total. The second kappa shape index (κ2) is 8.47. The lowest BCUT2D eigenvalue weighted by Crippen LogP contribution is -2.57. The molecule has 1 unspecified atom stereocenters. The minimum Gasteiger partial charge on any atom is -0.416 e. The van der Waals surface area contributed by atoms with E-state index < -0.39 is 24.5 Å². The molecule has 0 aliphatic heterocycles. The molecule has 1 nitrogen and oxygen atoms in total. The Morgan fingerprint density at radius 3 is 1.94 bits per heavy atom. The first-order valence-electron chi connectivity index (χ1n) is 7.14. The quantitative estimate of drug-likeness (QED) is 0.331. The fourth-order valence-corrected chi connectivity index (χ4v) is 16.1. The van der Waals surface area contributed by atoms with Crippen molar-refractivity contribution in [3.8, 4) is 0 Å². The third-order valence-electron chi connectivity index (χ3n) is 3.26. The third kappa shape index (κ3) is 6.57. The summed E-state index contributed by atoms with van der Waals surface area (Å²) >= 11 is 12.9. The van der Waals surface area contributed by atoms with Crippen molar-refractivity contribution in [2.45, 2.75) is 76.6 Å². The van der Waals surface area contributed by atoms with Gasteiger partial charge in [-0.2, -0.15) is 0 Å². The molecule has 110 valence electrons. The fraction of sp³-hybridized carbons (Fsp3) is 1.00. The van der Waals surface area contributed by atoms with Gasteiger partial charge >= 0.3 is 0 Å². The van der Waals surface area contributed by atoms with Gasteiger partial charge in [-0.15, -0.1) is 22.2 Å². The second-order valence-corrected chi connectivity index (χ2v) is 19.7. The zero-order chi connectivity index (χ0) is 14.4. The summed E-state index contributed by atoms with van der Waals surface area (Å²) in [6.45, 7) is 13.7. The Hall–Kier alpha value is 1.19. The van der Waals surface area contributed by atoms with Gasteiger partial charge in [0.1, 0.15) is 0 Å². The van der Waals surface area contributed by atoms with E-state index >= 15 is 0 Å². The van der Waals surface area contributed by atoms with Crippen LogP contribution < -0.4 is 0 Å². The lowest BCUT2D eigenvalue weighted by molar-refractivity contribution is 0.206. The van der Waals surface area contributed by atoms with Crippen LogP contribution in [0.3, 0.4) is 0 Å². The highest BCUT2D eigenvalue weighted by molar-refractivity contribution is 7.37. The summed E-state index contributed by atoms with van der Waals surface area (Å²) in [5, 5.41) is 0. The first-order chi connectivity index (χ1) is 8.15. The van der Waals surface area contributed by atoms with Gasteiger partial charge in [0.2, 0.25) is 0 Å². The molecule has 0 fully saturated rings. The number of hydrogen-bond acceptors (Lipinski definition) is 1. The summed E-state index contributed by atoms with van der Waals surface area (Å²) < 4.78 is 6.53. The Balaban J connectivity index is 4.77. The monoisotopic (exact) mass is 344 g/mol. The average molecular weight is 346 g/mol. The zero-order valence-corrected chi connectivity index (χ0v) is 17.7. The van der Waals surface area contributed by atoms with Gasteiger partial charge in [0, 0.05) is 0 Å². The predicted octanol–water partition coefficient (Wildman–Crippen LogP) is 4.81. The smallest absolute Gasteiger partial charge is 0.262 e. The molecule has 1 atom stereocenters. The third-order valence-corrected chi connectivity index (χ3v) is 14.7.